The predicted octanol–water partition coefficient (Wildman–Crippen LogP) is 0.897. The van der Waals surface area contributed by atoms with Gasteiger partial charge in [-0.3, -0.25) is 9.59 Å². The number of ether oxygens (including phenoxy) is 1. The molecule has 0 aliphatic carbocycles. The molecule has 1 aromatic rings. The third-order valence-corrected chi connectivity index (χ3v) is 4.39. The molecule has 1 amide bonds. The van der Waals surface area contributed by atoms with E-state index in [1.807, 2.05) is 14.1 Å². The molecule has 1 aromatic carbocycles. The first kappa shape index (κ1) is 18.4. The second-order valence-corrected chi connectivity index (χ2v) is 6.63. The second kappa shape index (κ2) is 8.26. The van der Waals surface area contributed by atoms with Crippen LogP contribution in [0.2, 0.25) is 0 Å². The summed E-state index contributed by atoms with van der Waals surface area (Å²) in [6.07, 6.45) is 0. The molecular formula is C18H26N2O4. The van der Waals surface area contributed by atoms with E-state index in [1.165, 1.54) is 6.92 Å². The number of hydrogen-bond acceptors (Lipinski definition) is 5. The van der Waals surface area contributed by atoms with Crippen molar-refractivity contribution in [3.63, 3.8) is 0 Å². The highest BCUT2D eigenvalue weighted by Gasteiger charge is 2.34. The number of carbonyl (C=O) groups is 2. The molecule has 132 valence electrons. The van der Waals surface area contributed by atoms with Crippen molar-refractivity contribution in [2.75, 3.05) is 46.9 Å². The molecule has 1 heterocycles. The summed E-state index contributed by atoms with van der Waals surface area (Å²) in [7, 11) is 3.99. The Morgan fingerprint density at radius 2 is 1.83 bits per heavy atom. The second-order valence-electron chi connectivity index (χ2n) is 6.63. The van der Waals surface area contributed by atoms with Gasteiger partial charge in [-0.05, 0) is 51.2 Å². The third kappa shape index (κ3) is 4.79. The van der Waals surface area contributed by atoms with Crippen molar-refractivity contribution in [1.82, 2.24) is 9.80 Å². The number of rotatable bonds is 7. The third-order valence-electron chi connectivity index (χ3n) is 4.39. The number of likely N-dealkylation sites (tertiary alicyclic amines) is 1. The van der Waals surface area contributed by atoms with Crippen LogP contribution in [0.25, 0.3) is 0 Å². The van der Waals surface area contributed by atoms with Gasteiger partial charge in [-0.1, -0.05) is 0 Å². The van der Waals surface area contributed by atoms with E-state index in [1.54, 1.807) is 29.2 Å². The van der Waals surface area contributed by atoms with Gasteiger partial charge in [0.2, 0.25) is 0 Å². The molecule has 6 heteroatoms. The van der Waals surface area contributed by atoms with E-state index in [9.17, 15) is 14.7 Å². The molecule has 0 spiro atoms. The number of benzene rings is 1. The Hall–Kier alpha value is -1.92. The maximum atomic E-state index is 12.3. The molecule has 0 bridgehead atoms. The lowest BCUT2D eigenvalue weighted by molar-refractivity contribution is -0.132. The molecule has 1 aliphatic heterocycles. The monoisotopic (exact) mass is 334 g/mol. The van der Waals surface area contributed by atoms with Gasteiger partial charge in [0, 0.05) is 37.7 Å². The molecule has 6 nitrogen and oxygen atoms in total. The fraction of sp³-hybridized carbons (Fsp3) is 0.556. The number of hydrogen-bond donors (Lipinski definition) is 1. The van der Waals surface area contributed by atoms with Crippen LogP contribution in [-0.2, 0) is 4.79 Å². The van der Waals surface area contributed by atoms with Crippen LogP contribution in [0.15, 0.2) is 24.3 Å². The number of carbonyl (C=O) groups excluding carboxylic acids is 2. The van der Waals surface area contributed by atoms with Gasteiger partial charge in [-0.15, -0.1) is 0 Å². The summed E-state index contributed by atoms with van der Waals surface area (Å²) in [5, 5.41) is 9.51. The SMILES string of the molecule is CC(=O)c1ccc(OCC(=O)N2C[C@@H](CN(C)C)[C@@H](CO)C2)cc1. The summed E-state index contributed by atoms with van der Waals surface area (Å²) in [6, 6.07) is 6.76. The van der Waals surface area contributed by atoms with E-state index in [4.69, 9.17) is 4.74 Å². The maximum absolute atomic E-state index is 12.3. The van der Waals surface area contributed by atoms with Gasteiger partial charge in [0.05, 0.1) is 0 Å². The topological polar surface area (TPSA) is 70.1 Å². The molecule has 1 saturated heterocycles. The molecule has 24 heavy (non-hydrogen) atoms. The number of aliphatic hydroxyl groups is 1. The smallest absolute Gasteiger partial charge is 0.260 e. The molecule has 0 radical (unpaired) electrons. The first-order valence-corrected chi connectivity index (χ1v) is 8.18. The molecule has 2 atom stereocenters. The summed E-state index contributed by atoms with van der Waals surface area (Å²) < 4.78 is 5.52. The molecule has 0 saturated carbocycles. The van der Waals surface area contributed by atoms with Crippen LogP contribution in [0.5, 0.6) is 5.75 Å². The molecule has 1 aliphatic rings. The molecule has 1 fully saturated rings. The van der Waals surface area contributed by atoms with Crippen molar-refractivity contribution < 1.29 is 19.4 Å². The van der Waals surface area contributed by atoms with E-state index in [0.717, 1.165) is 6.54 Å². The quantitative estimate of drug-likeness (QED) is 0.750. The van der Waals surface area contributed by atoms with Gasteiger partial charge in [0.25, 0.3) is 5.91 Å². The van der Waals surface area contributed by atoms with Gasteiger partial charge in [0.1, 0.15) is 5.75 Å². The largest absolute Gasteiger partial charge is 0.484 e. The fourth-order valence-corrected chi connectivity index (χ4v) is 3.05. The van der Waals surface area contributed by atoms with Crippen molar-refractivity contribution in [2.24, 2.45) is 11.8 Å². The average molecular weight is 334 g/mol. The van der Waals surface area contributed by atoms with Crippen LogP contribution < -0.4 is 4.74 Å². The molecule has 0 aromatic heterocycles. The average Bonchev–Trinajstić information content (AvgIpc) is 2.95. The molecule has 2 rings (SSSR count). The Morgan fingerprint density at radius 1 is 1.21 bits per heavy atom. The van der Waals surface area contributed by atoms with Crippen molar-refractivity contribution >= 4 is 11.7 Å². The molecular weight excluding hydrogens is 308 g/mol. The van der Waals surface area contributed by atoms with Gasteiger partial charge < -0.3 is 19.6 Å². The number of Topliss-reactive ketones (excluding diaryl/α,β-unsaturated/α-hetero) is 1. The lowest BCUT2D eigenvalue weighted by atomic mass is 9.97. The number of nitrogens with zero attached hydrogens (tertiary/aromatic N) is 2. The van der Waals surface area contributed by atoms with E-state index >= 15 is 0 Å². The predicted molar refractivity (Wildman–Crippen MR) is 91.1 cm³/mol. The van der Waals surface area contributed by atoms with Crippen molar-refractivity contribution in [3.8, 4) is 5.75 Å². The van der Waals surface area contributed by atoms with Crippen LogP contribution in [0.4, 0.5) is 0 Å². The van der Waals surface area contributed by atoms with Crippen LogP contribution in [-0.4, -0.2) is 73.5 Å². The first-order valence-electron chi connectivity index (χ1n) is 8.18. The summed E-state index contributed by atoms with van der Waals surface area (Å²) in [5.74, 6) is 0.883. The molecule has 0 unspecified atom stereocenters. The van der Waals surface area contributed by atoms with Crippen LogP contribution >= 0.6 is 0 Å². The number of aliphatic hydroxyl groups excluding tert-OH is 1. The van der Waals surface area contributed by atoms with Gasteiger partial charge in [0.15, 0.2) is 12.4 Å². The minimum Gasteiger partial charge on any atom is -0.484 e. The Bertz CT molecular complexity index is 571. The Labute approximate surface area is 143 Å². The fourth-order valence-electron chi connectivity index (χ4n) is 3.05. The Balaban J connectivity index is 1.87. The van der Waals surface area contributed by atoms with Crippen LogP contribution in [0.3, 0.4) is 0 Å². The van der Waals surface area contributed by atoms with Crippen LogP contribution in [0.1, 0.15) is 17.3 Å². The number of ketones is 1. The Kier molecular flexibility index (Phi) is 6.34. The minimum atomic E-state index is -0.0784. The standard InChI is InChI=1S/C18H26N2O4/c1-13(22)14-4-6-17(7-5-14)24-12-18(23)20-9-15(8-19(2)3)16(10-20)11-21/h4-7,15-16,21H,8-12H2,1-3H3/t15-,16-/m1/s1. The minimum absolute atomic E-state index is 0.00308. The van der Waals surface area contributed by atoms with Gasteiger partial charge in [-0.25, -0.2) is 0 Å². The maximum Gasteiger partial charge on any atom is 0.260 e. The molecule has 1 N–H and O–H groups in total. The zero-order valence-electron chi connectivity index (χ0n) is 14.6. The Morgan fingerprint density at radius 3 is 2.38 bits per heavy atom. The van der Waals surface area contributed by atoms with Gasteiger partial charge in [-0.2, -0.15) is 0 Å². The zero-order chi connectivity index (χ0) is 17.7. The highest BCUT2D eigenvalue weighted by atomic mass is 16.5. The number of amides is 1. The highest BCUT2D eigenvalue weighted by molar-refractivity contribution is 5.94. The van der Waals surface area contributed by atoms with E-state index in [2.05, 4.69) is 4.90 Å². The van der Waals surface area contributed by atoms with Crippen LogP contribution in [0, 0.1) is 11.8 Å². The van der Waals surface area contributed by atoms with E-state index in [-0.39, 0.29) is 36.7 Å². The van der Waals surface area contributed by atoms with Crippen molar-refractivity contribution in [1.29, 1.82) is 0 Å². The summed E-state index contributed by atoms with van der Waals surface area (Å²) >= 11 is 0. The lowest BCUT2D eigenvalue weighted by Crippen LogP contribution is -2.34. The van der Waals surface area contributed by atoms with Crippen molar-refractivity contribution in [3.05, 3.63) is 29.8 Å². The highest BCUT2D eigenvalue weighted by Crippen LogP contribution is 2.24. The summed E-state index contributed by atoms with van der Waals surface area (Å²) in [5.41, 5.74) is 0.616. The van der Waals surface area contributed by atoms with E-state index in [0.29, 0.717) is 24.4 Å². The van der Waals surface area contributed by atoms with E-state index < -0.39 is 0 Å². The normalized spacial score (nSPS) is 20.5. The zero-order valence-corrected chi connectivity index (χ0v) is 14.6. The first-order chi connectivity index (χ1) is 11.4. The van der Waals surface area contributed by atoms with Gasteiger partial charge >= 0.3 is 0 Å². The van der Waals surface area contributed by atoms with Crippen molar-refractivity contribution in [2.45, 2.75) is 6.92 Å². The lowest BCUT2D eigenvalue weighted by Gasteiger charge is -2.20. The summed E-state index contributed by atoms with van der Waals surface area (Å²) in [6.45, 7) is 3.63. The summed E-state index contributed by atoms with van der Waals surface area (Å²) in [4.78, 5) is 27.4.